The number of halogens is 1. The van der Waals surface area contributed by atoms with E-state index in [1.54, 1.807) is 6.92 Å². The lowest BCUT2D eigenvalue weighted by atomic mass is 10.3. The van der Waals surface area contributed by atoms with Crippen LogP contribution >= 0.6 is 22.9 Å². The molecule has 0 aromatic carbocycles. The Morgan fingerprint density at radius 1 is 1.79 bits per heavy atom. The van der Waals surface area contributed by atoms with Gasteiger partial charge in [-0.2, -0.15) is 0 Å². The van der Waals surface area contributed by atoms with Gasteiger partial charge in [-0.15, -0.1) is 11.3 Å². The van der Waals surface area contributed by atoms with Crippen molar-refractivity contribution in [2.75, 3.05) is 6.61 Å². The summed E-state index contributed by atoms with van der Waals surface area (Å²) >= 11 is 7.25. The van der Waals surface area contributed by atoms with E-state index in [2.05, 4.69) is 0 Å². The zero-order valence-corrected chi connectivity index (χ0v) is 9.10. The minimum atomic E-state index is -0.426. The number of carbonyl (C=O) groups is 1. The number of rotatable bonds is 3. The van der Waals surface area contributed by atoms with Crippen molar-refractivity contribution < 1.29 is 14.3 Å². The number of ether oxygens (including phenoxy) is 2. The van der Waals surface area contributed by atoms with Gasteiger partial charge in [-0.25, -0.2) is 4.79 Å². The molecule has 1 fully saturated rings. The van der Waals surface area contributed by atoms with Gasteiger partial charge in [-0.05, 0) is 13.0 Å². The largest absolute Gasteiger partial charge is 0.464 e. The van der Waals surface area contributed by atoms with Crippen molar-refractivity contribution in [2.24, 2.45) is 0 Å². The lowest BCUT2D eigenvalue weighted by molar-refractivity contribution is -0.144. The molecule has 1 aliphatic rings. The van der Waals surface area contributed by atoms with Crippen LogP contribution in [0.3, 0.4) is 0 Å². The first-order chi connectivity index (χ1) is 6.72. The first-order valence-corrected chi connectivity index (χ1v) is 5.54. The predicted molar refractivity (Wildman–Crippen MR) is 53.6 cm³/mol. The average molecular weight is 233 g/mol. The van der Waals surface area contributed by atoms with Gasteiger partial charge >= 0.3 is 5.97 Å². The number of esters is 1. The third-order valence-corrected chi connectivity index (χ3v) is 3.22. The maximum absolute atomic E-state index is 11.2. The Labute approximate surface area is 90.6 Å². The summed E-state index contributed by atoms with van der Waals surface area (Å²) in [7, 11) is 0. The second kappa shape index (κ2) is 3.88. The molecule has 2 heterocycles. The van der Waals surface area contributed by atoms with Gasteiger partial charge in [0.1, 0.15) is 6.10 Å². The molecule has 0 radical (unpaired) electrons. The Morgan fingerprint density at radius 3 is 3.14 bits per heavy atom. The molecular weight excluding hydrogens is 224 g/mol. The van der Waals surface area contributed by atoms with E-state index >= 15 is 0 Å². The molecule has 0 bridgehead atoms. The molecule has 1 aliphatic heterocycles. The van der Waals surface area contributed by atoms with E-state index in [0.717, 1.165) is 4.88 Å². The Morgan fingerprint density at radius 2 is 2.57 bits per heavy atom. The van der Waals surface area contributed by atoms with Crippen LogP contribution in [0.1, 0.15) is 17.9 Å². The molecule has 2 atom stereocenters. The molecular formula is C9H9ClO3S. The van der Waals surface area contributed by atoms with E-state index in [1.807, 2.05) is 11.4 Å². The van der Waals surface area contributed by atoms with Gasteiger partial charge < -0.3 is 9.47 Å². The summed E-state index contributed by atoms with van der Waals surface area (Å²) in [5.74, 6) is -0.290. The van der Waals surface area contributed by atoms with Crippen LogP contribution in [-0.4, -0.2) is 18.7 Å². The summed E-state index contributed by atoms with van der Waals surface area (Å²) in [5.41, 5.74) is 0. The van der Waals surface area contributed by atoms with Gasteiger partial charge in [-0.3, -0.25) is 0 Å². The van der Waals surface area contributed by atoms with Crippen molar-refractivity contribution in [2.45, 2.75) is 19.1 Å². The molecule has 76 valence electrons. The molecule has 0 N–H and O–H groups in total. The fourth-order valence-corrected chi connectivity index (χ4v) is 2.35. The summed E-state index contributed by atoms with van der Waals surface area (Å²) in [6.45, 7) is 2.16. The van der Waals surface area contributed by atoms with Gasteiger partial charge in [0, 0.05) is 10.3 Å². The second-order valence-electron chi connectivity index (χ2n) is 2.90. The molecule has 5 heteroatoms. The Hall–Kier alpha value is -0.580. The smallest absolute Gasteiger partial charge is 0.338 e. The number of epoxide rings is 1. The van der Waals surface area contributed by atoms with Crippen molar-refractivity contribution in [3.8, 4) is 0 Å². The van der Waals surface area contributed by atoms with Crippen molar-refractivity contribution >= 4 is 28.9 Å². The molecule has 1 saturated heterocycles. The highest BCUT2D eigenvalue weighted by Crippen LogP contribution is 2.42. The average Bonchev–Trinajstić information content (AvgIpc) is 2.84. The first kappa shape index (κ1) is 9.96. The first-order valence-electron chi connectivity index (χ1n) is 4.28. The number of hydrogen-bond donors (Lipinski definition) is 0. The van der Waals surface area contributed by atoms with E-state index in [-0.39, 0.29) is 12.1 Å². The monoisotopic (exact) mass is 232 g/mol. The van der Waals surface area contributed by atoms with Crippen LogP contribution in [0.4, 0.5) is 0 Å². The van der Waals surface area contributed by atoms with Gasteiger partial charge in [0.2, 0.25) is 0 Å². The molecule has 0 spiro atoms. The summed E-state index contributed by atoms with van der Waals surface area (Å²) in [4.78, 5) is 12.2. The van der Waals surface area contributed by atoms with Crippen molar-refractivity contribution in [3.63, 3.8) is 0 Å². The van der Waals surface area contributed by atoms with Gasteiger partial charge in [0.25, 0.3) is 0 Å². The molecule has 1 aromatic heterocycles. The Balaban J connectivity index is 1.96. The third-order valence-electron chi connectivity index (χ3n) is 1.88. The fraction of sp³-hybridized carbons (Fsp3) is 0.444. The highest BCUT2D eigenvalue weighted by molar-refractivity contribution is 7.10. The molecule has 0 amide bonds. The Kier molecular flexibility index (Phi) is 2.76. The molecule has 1 aromatic rings. The minimum absolute atomic E-state index is 0.147. The molecule has 0 saturated carbocycles. The van der Waals surface area contributed by atoms with Crippen molar-refractivity contribution in [1.29, 1.82) is 0 Å². The van der Waals surface area contributed by atoms with Crippen LogP contribution in [0.15, 0.2) is 11.4 Å². The van der Waals surface area contributed by atoms with Crippen LogP contribution in [0.2, 0.25) is 5.02 Å². The van der Waals surface area contributed by atoms with Crippen molar-refractivity contribution in [1.82, 2.24) is 0 Å². The molecule has 0 unspecified atom stereocenters. The third kappa shape index (κ3) is 1.92. The minimum Gasteiger partial charge on any atom is -0.464 e. The quantitative estimate of drug-likeness (QED) is 0.594. The number of hydrogen-bond acceptors (Lipinski definition) is 4. The van der Waals surface area contributed by atoms with Gasteiger partial charge in [0.05, 0.1) is 11.6 Å². The highest BCUT2D eigenvalue weighted by atomic mass is 35.5. The summed E-state index contributed by atoms with van der Waals surface area (Å²) in [6, 6.07) is 1.82. The van der Waals surface area contributed by atoms with E-state index in [9.17, 15) is 4.79 Å². The van der Waals surface area contributed by atoms with Crippen LogP contribution in [0, 0.1) is 0 Å². The standard InChI is InChI=1S/C9H9ClO3S/c1-2-12-9(11)8-7(13-8)6-3-5(10)4-14-6/h3-4,7-8H,2H2,1H3/t7-,8+/m1/s1. The summed E-state index contributed by atoms with van der Waals surface area (Å²) in [6.07, 6.45) is -0.573. The lowest BCUT2D eigenvalue weighted by Gasteiger charge is -1.95. The van der Waals surface area contributed by atoms with Gasteiger partial charge in [0.15, 0.2) is 6.10 Å². The lowest BCUT2D eigenvalue weighted by Crippen LogP contribution is -2.11. The maximum atomic E-state index is 11.2. The fourth-order valence-electron chi connectivity index (χ4n) is 1.21. The SMILES string of the molecule is CCOC(=O)[C@H]1O[C@@H]1c1cc(Cl)cs1. The van der Waals surface area contributed by atoms with Crippen LogP contribution < -0.4 is 0 Å². The molecule has 3 nitrogen and oxygen atoms in total. The molecule has 2 rings (SSSR count). The highest BCUT2D eigenvalue weighted by Gasteiger charge is 2.48. The Bertz CT molecular complexity index is 350. The summed E-state index contributed by atoms with van der Waals surface area (Å²) in [5, 5.41) is 2.50. The topological polar surface area (TPSA) is 38.8 Å². The van der Waals surface area contributed by atoms with Crippen LogP contribution in [0.5, 0.6) is 0 Å². The zero-order valence-electron chi connectivity index (χ0n) is 7.53. The normalized spacial score (nSPS) is 24.7. The second-order valence-corrected chi connectivity index (χ2v) is 4.28. The van der Waals surface area contributed by atoms with Gasteiger partial charge in [-0.1, -0.05) is 11.6 Å². The van der Waals surface area contributed by atoms with Crippen LogP contribution in [-0.2, 0) is 14.3 Å². The zero-order chi connectivity index (χ0) is 10.1. The van der Waals surface area contributed by atoms with Crippen molar-refractivity contribution in [3.05, 3.63) is 21.3 Å². The number of carbonyl (C=O) groups excluding carboxylic acids is 1. The van der Waals surface area contributed by atoms with E-state index in [0.29, 0.717) is 11.6 Å². The molecule has 14 heavy (non-hydrogen) atoms. The maximum Gasteiger partial charge on any atom is 0.338 e. The number of thiophene rings is 1. The van der Waals surface area contributed by atoms with Crippen LogP contribution in [0.25, 0.3) is 0 Å². The predicted octanol–water partition coefficient (Wildman–Crippen LogP) is 2.40. The van der Waals surface area contributed by atoms with E-state index in [1.165, 1.54) is 11.3 Å². The summed E-state index contributed by atoms with van der Waals surface area (Å²) < 4.78 is 10.0. The van der Waals surface area contributed by atoms with E-state index in [4.69, 9.17) is 21.1 Å². The molecule has 0 aliphatic carbocycles. The van der Waals surface area contributed by atoms with E-state index < -0.39 is 6.10 Å².